The van der Waals surface area contributed by atoms with Crippen LogP contribution in [0.15, 0.2) is 4.99 Å². The Morgan fingerprint density at radius 2 is 1.46 bits per heavy atom. The Morgan fingerprint density at radius 1 is 0.800 bits per heavy atom. The zero-order valence-corrected chi connectivity index (χ0v) is 40.6. The first-order valence-electron chi connectivity index (χ1n) is 23.3. The Hall–Kier alpha value is -4.83. The van der Waals surface area contributed by atoms with Gasteiger partial charge in [0.15, 0.2) is 22.6 Å². The van der Waals surface area contributed by atoms with Crippen LogP contribution >= 0.6 is 11.8 Å². The first kappa shape index (κ1) is 63.2. The summed E-state index contributed by atoms with van der Waals surface area (Å²) < 4.78 is 21.5. The number of amides is 5. The topological polar surface area (TPSA) is 385 Å². The van der Waals surface area contributed by atoms with Gasteiger partial charge in [-0.1, -0.05) is 19.2 Å². The smallest absolute Gasteiger partial charge is 0.326 e. The van der Waals surface area contributed by atoms with E-state index in [0.717, 1.165) is 11.8 Å². The summed E-state index contributed by atoms with van der Waals surface area (Å²) in [6, 6.07) is -6.26. The number of ether oxygens (including phenoxy) is 4. The quantitative estimate of drug-likeness (QED) is 0.0171. The Kier molecular flexibility index (Phi) is 32.6. The molecule has 26 heteroatoms. The Balaban J connectivity index is 0.0000245. The molecule has 0 bridgehead atoms. The third kappa shape index (κ3) is 25.9. The number of unbranched alkanes of at least 4 members (excludes halogenated alkanes) is 1. The van der Waals surface area contributed by atoms with E-state index in [0.29, 0.717) is 45.1 Å². The van der Waals surface area contributed by atoms with Gasteiger partial charge in [0.05, 0.1) is 63.0 Å². The summed E-state index contributed by atoms with van der Waals surface area (Å²) >= 11 is 0.924. The number of Topliss-reactive ketones (excluding diaryl/α,β-unsaturated/α-hetero) is 2. The summed E-state index contributed by atoms with van der Waals surface area (Å²) in [5.41, 5.74) is 16.3. The molecule has 0 saturated carbocycles. The van der Waals surface area contributed by atoms with Crippen molar-refractivity contribution in [2.24, 2.45) is 22.2 Å². The van der Waals surface area contributed by atoms with Crippen molar-refractivity contribution in [1.29, 1.82) is 0 Å². The van der Waals surface area contributed by atoms with Crippen molar-refractivity contribution < 1.29 is 72.3 Å². The van der Waals surface area contributed by atoms with E-state index < -0.39 is 78.6 Å². The van der Waals surface area contributed by atoms with Crippen LogP contribution in [0.2, 0.25) is 0 Å². The molecule has 7 atom stereocenters. The SMILES string of the molecule is C.CC(=O)SCC(=O)NCCOCCOCC(=O)CCCOCCOCC(=O)N[C@H](C(=O)N[C@@H](CCCCN)C(=O)N1CCC[C@H]1C(=O)C1CC[C@@H](C(=O)N[C@@H](CCCN=C(N)N)C(=O)O)N1)[C@@H](C)O. The number of carboxylic acid groups (broad SMARTS) is 1. The minimum absolute atomic E-state index is 0. The second-order valence-electron chi connectivity index (χ2n) is 16.5. The second kappa shape index (κ2) is 36.1. The van der Waals surface area contributed by atoms with Gasteiger partial charge in [-0.25, -0.2) is 4.79 Å². The Labute approximate surface area is 413 Å². The number of thioether (sulfide) groups is 1. The van der Waals surface area contributed by atoms with Crippen molar-refractivity contribution in [3.05, 3.63) is 0 Å². The zero-order valence-electron chi connectivity index (χ0n) is 39.7. The lowest BCUT2D eigenvalue weighted by Crippen LogP contribution is -2.59. The average molecular weight is 1020 g/mol. The molecule has 2 aliphatic rings. The molecular weight excluding hydrogens is 941 g/mol. The van der Waals surface area contributed by atoms with Crippen LogP contribution in [0.1, 0.15) is 91.9 Å². The van der Waals surface area contributed by atoms with Crippen molar-refractivity contribution >= 4 is 69.9 Å². The highest BCUT2D eigenvalue weighted by Crippen LogP contribution is 2.25. The normalized spacial score (nSPS) is 18.1. The maximum absolute atomic E-state index is 14.1. The lowest BCUT2D eigenvalue weighted by atomic mass is 10.00. The molecule has 5 amide bonds. The molecule has 1 unspecified atom stereocenters. The number of carbonyl (C=O) groups excluding carboxylic acids is 8. The first-order chi connectivity index (χ1) is 32.9. The number of hydrogen-bond acceptors (Lipinski definition) is 18. The fourth-order valence-corrected chi connectivity index (χ4v) is 7.75. The zero-order chi connectivity index (χ0) is 51.1. The number of hydrogen-bond donors (Lipinski definition) is 10. The number of guanidine groups is 1. The molecule has 2 aliphatic heterocycles. The van der Waals surface area contributed by atoms with E-state index in [9.17, 15) is 53.4 Å². The van der Waals surface area contributed by atoms with Crippen LogP contribution in [-0.2, 0) is 62.1 Å². The summed E-state index contributed by atoms with van der Waals surface area (Å²) in [5, 5.41) is 33.2. The summed E-state index contributed by atoms with van der Waals surface area (Å²) in [6.45, 7) is 4.24. The number of nitrogens with two attached hydrogens (primary N) is 3. The van der Waals surface area contributed by atoms with Crippen LogP contribution in [0.3, 0.4) is 0 Å². The number of aliphatic hydroxyl groups excluding tert-OH is 1. The van der Waals surface area contributed by atoms with E-state index in [2.05, 4.69) is 31.6 Å². The van der Waals surface area contributed by atoms with Gasteiger partial charge in [0.1, 0.15) is 31.3 Å². The summed E-state index contributed by atoms with van der Waals surface area (Å²) in [4.78, 5) is 119. The largest absolute Gasteiger partial charge is 0.480 e. The number of nitrogens with one attached hydrogen (secondary N) is 5. The fourth-order valence-electron chi connectivity index (χ4n) is 7.31. The number of aliphatic hydroxyl groups is 1. The van der Waals surface area contributed by atoms with E-state index >= 15 is 0 Å². The van der Waals surface area contributed by atoms with Crippen LogP contribution in [0.5, 0.6) is 0 Å². The lowest BCUT2D eigenvalue weighted by Gasteiger charge is -2.31. The minimum Gasteiger partial charge on any atom is -0.480 e. The van der Waals surface area contributed by atoms with Crippen molar-refractivity contribution in [3.8, 4) is 0 Å². The molecule has 0 radical (unpaired) electrons. The first-order valence-corrected chi connectivity index (χ1v) is 24.3. The van der Waals surface area contributed by atoms with Gasteiger partial charge in [-0.15, -0.1) is 0 Å². The van der Waals surface area contributed by atoms with Crippen LogP contribution in [-0.4, -0.2) is 200 Å². The van der Waals surface area contributed by atoms with Crippen LogP contribution in [0, 0.1) is 0 Å². The molecule has 2 heterocycles. The van der Waals surface area contributed by atoms with Crippen molar-refractivity contribution in [1.82, 2.24) is 31.5 Å². The highest BCUT2D eigenvalue weighted by atomic mass is 32.2. The van der Waals surface area contributed by atoms with Gasteiger partial charge in [-0.05, 0) is 77.7 Å². The molecule has 0 spiro atoms. The summed E-state index contributed by atoms with van der Waals surface area (Å²) in [5.74, 6) is -4.65. The minimum atomic E-state index is -1.46. The van der Waals surface area contributed by atoms with Crippen LogP contribution in [0.25, 0.3) is 0 Å². The monoisotopic (exact) mass is 1020 g/mol. The molecule has 13 N–H and O–H groups in total. The maximum atomic E-state index is 14.1. The van der Waals surface area contributed by atoms with Crippen molar-refractivity contribution in [2.75, 3.05) is 84.8 Å². The third-order valence-electron chi connectivity index (χ3n) is 10.8. The number of aliphatic imine (C=N–C) groups is 1. The predicted molar refractivity (Wildman–Crippen MR) is 258 cm³/mol. The second-order valence-corrected chi connectivity index (χ2v) is 17.7. The molecule has 70 heavy (non-hydrogen) atoms. The van der Waals surface area contributed by atoms with Crippen LogP contribution in [0.4, 0.5) is 0 Å². The summed E-state index contributed by atoms with van der Waals surface area (Å²) in [7, 11) is 0. The van der Waals surface area contributed by atoms with Gasteiger partial charge < -0.3 is 72.5 Å². The lowest BCUT2D eigenvalue weighted by molar-refractivity contribution is -0.142. The van der Waals surface area contributed by atoms with E-state index in [1.807, 2.05) is 0 Å². The maximum Gasteiger partial charge on any atom is 0.326 e. The number of nitrogens with zero attached hydrogens (tertiary/aromatic N) is 2. The highest BCUT2D eigenvalue weighted by Gasteiger charge is 2.43. The average Bonchev–Trinajstić information content (AvgIpc) is 4.01. The molecular formula is C44H78N10O15S. The molecule has 0 aromatic rings. The molecule has 2 saturated heterocycles. The van der Waals surface area contributed by atoms with Gasteiger partial charge in [-0.2, -0.15) is 0 Å². The standard InChI is InChI=1S/C43H74N10O15S.CH4/c1-27(54)37(52-35(57)25-68-23-20-65-18-7-8-29(56)24-67-22-21-66-19-16-47-36(58)26-69-28(2)55)40(61)50-32(9-3-4-14-44)41(62)53-17-6-11-34(53)38(59)30-12-13-31(49-30)39(60)51-33(42(63)64)10-5-15-48-43(45)46;/h27,30-34,37,49,54H,3-26,44H2,1-2H3,(H,47,58)(H,50,61)(H,51,60)(H,52,57)(H,63,64)(H4,45,46,48);1H4/t27-,30?,31+,32+,33+,34+,37+;/m1./s1. The number of ketones is 2. The van der Waals surface area contributed by atoms with Gasteiger partial charge in [0.2, 0.25) is 29.5 Å². The van der Waals surface area contributed by atoms with Gasteiger partial charge in [-0.3, -0.25) is 48.7 Å². The van der Waals surface area contributed by atoms with Crippen LogP contribution < -0.4 is 43.8 Å². The highest BCUT2D eigenvalue weighted by molar-refractivity contribution is 8.14. The molecule has 400 valence electrons. The van der Waals surface area contributed by atoms with E-state index in [1.54, 1.807) is 0 Å². The number of rotatable bonds is 37. The van der Waals surface area contributed by atoms with E-state index in [4.69, 9.17) is 36.1 Å². The van der Waals surface area contributed by atoms with Gasteiger partial charge >= 0.3 is 5.97 Å². The van der Waals surface area contributed by atoms with Crippen molar-refractivity contribution in [2.45, 2.75) is 134 Å². The van der Waals surface area contributed by atoms with E-state index in [-0.39, 0.29) is 140 Å². The molecule has 0 aromatic carbocycles. The number of carboxylic acids is 1. The molecule has 2 rings (SSSR count). The van der Waals surface area contributed by atoms with Crippen molar-refractivity contribution in [3.63, 3.8) is 0 Å². The third-order valence-corrected chi connectivity index (χ3v) is 11.6. The number of aliphatic carboxylic acids is 1. The Morgan fingerprint density at radius 3 is 2.11 bits per heavy atom. The van der Waals surface area contributed by atoms with Gasteiger partial charge in [0.25, 0.3) is 0 Å². The molecule has 2 fully saturated rings. The van der Waals surface area contributed by atoms with Gasteiger partial charge in [0, 0.05) is 39.6 Å². The Bertz CT molecular complexity index is 1710. The number of carbonyl (C=O) groups is 9. The number of likely N-dealkylation sites (tertiary alicyclic amines) is 1. The molecule has 0 aromatic heterocycles. The van der Waals surface area contributed by atoms with E-state index in [1.165, 1.54) is 18.7 Å². The molecule has 0 aliphatic carbocycles. The predicted octanol–water partition coefficient (Wildman–Crippen LogP) is -2.78. The fraction of sp³-hybridized carbons (Fsp3) is 0.773. The summed E-state index contributed by atoms with van der Waals surface area (Å²) in [6.07, 6.45) is 2.20. The molecule has 25 nitrogen and oxygen atoms in total.